The van der Waals surface area contributed by atoms with Gasteiger partial charge < -0.3 is 4.74 Å². The van der Waals surface area contributed by atoms with Gasteiger partial charge in [-0.05, 0) is 30.7 Å². The quantitative estimate of drug-likeness (QED) is 0.484. The van der Waals surface area contributed by atoms with Crippen molar-refractivity contribution in [3.63, 3.8) is 0 Å². The number of halogens is 1. The normalized spacial score (nSPS) is 11.2. The summed E-state index contributed by atoms with van der Waals surface area (Å²) in [5.74, 6) is 0.325. The van der Waals surface area contributed by atoms with Crippen LogP contribution in [0.5, 0.6) is 0 Å². The van der Waals surface area contributed by atoms with E-state index in [0.717, 1.165) is 22.3 Å². The van der Waals surface area contributed by atoms with E-state index < -0.39 is 0 Å². The van der Waals surface area contributed by atoms with Crippen molar-refractivity contribution in [2.45, 2.75) is 13.5 Å². The van der Waals surface area contributed by atoms with Gasteiger partial charge in [0.2, 0.25) is 0 Å². The number of aromatic nitrogens is 2. The number of aryl methyl sites for hydroxylation is 1. The van der Waals surface area contributed by atoms with Crippen molar-refractivity contribution >= 4 is 21.6 Å². The van der Waals surface area contributed by atoms with E-state index in [1.54, 1.807) is 23.8 Å². The Bertz CT molecular complexity index is 1200. The van der Waals surface area contributed by atoms with Crippen molar-refractivity contribution < 1.29 is 9.13 Å². The van der Waals surface area contributed by atoms with Gasteiger partial charge in [0, 0.05) is 23.6 Å². The first kappa shape index (κ1) is 18.5. The van der Waals surface area contributed by atoms with Gasteiger partial charge in [0.15, 0.2) is 0 Å². The molecule has 4 nitrogen and oxygen atoms in total. The number of hydrogen-bond acceptors (Lipinski definition) is 4. The average Bonchev–Trinajstić information content (AvgIpc) is 3.12. The van der Waals surface area contributed by atoms with Gasteiger partial charge in [-0.3, -0.25) is 9.36 Å². The summed E-state index contributed by atoms with van der Waals surface area (Å²) < 4.78 is 20.2. The fraction of sp³-hybridized carbons (Fsp3) is 0.182. The number of methoxy groups -OCH3 is 1. The molecule has 0 atom stereocenters. The second kappa shape index (κ2) is 7.66. The molecule has 0 radical (unpaired) electrons. The van der Waals surface area contributed by atoms with Crippen molar-refractivity contribution in [3.05, 3.63) is 75.6 Å². The van der Waals surface area contributed by atoms with E-state index >= 15 is 0 Å². The molecule has 28 heavy (non-hydrogen) atoms. The highest BCUT2D eigenvalue weighted by molar-refractivity contribution is 7.17. The number of benzene rings is 2. The summed E-state index contributed by atoms with van der Waals surface area (Å²) in [6, 6.07) is 14.1. The first-order valence-corrected chi connectivity index (χ1v) is 9.80. The molecule has 0 amide bonds. The summed E-state index contributed by atoms with van der Waals surface area (Å²) >= 11 is 1.42. The largest absolute Gasteiger partial charge is 0.383 e. The first-order chi connectivity index (χ1) is 13.6. The van der Waals surface area contributed by atoms with Gasteiger partial charge in [-0.1, -0.05) is 35.9 Å². The molecule has 2 aromatic heterocycles. The summed E-state index contributed by atoms with van der Waals surface area (Å²) in [4.78, 5) is 18.9. The van der Waals surface area contributed by atoms with E-state index in [0.29, 0.717) is 29.2 Å². The van der Waals surface area contributed by atoms with E-state index in [2.05, 4.69) is 0 Å². The third-order valence-corrected chi connectivity index (χ3v) is 5.52. The lowest BCUT2D eigenvalue weighted by Gasteiger charge is -2.13. The predicted molar refractivity (Wildman–Crippen MR) is 111 cm³/mol. The molecule has 0 N–H and O–H groups in total. The third kappa shape index (κ3) is 3.37. The Hall–Kier alpha value is -2.83. The SMILES string of the molecule is COCCn1c(-c2cccc(C)c2)nc2scc(-c3ccc(F)cc3)c2c1=O. The highest BCUT2D eigenvalue weighted by atomic mass is 32.1. The number of ether oxygens (including phenoxy) is 1. The van der Waals surface area contributed by atoms with Crippen molar-refractivity contribution in [1.82, 2.24) is 9.55 Å². The maximum absolute atomic E-state index is 13.4. The molecular weight excluding hydrogens is 375 g/mol. The van der Waals surface area contributed by atoms with Gasteiger partial charge in [-0.15, -0.1) is 11.3 Å². The minimum absolute atomic E-state index is 0.112. The number of hydrogen-bond donors (Lipinski definition) is 0. The predicted octanol–water partition coefficient (Wildman–Crippen LogP) is 4.89. The lowest BCUT2D eigenvalue weighted by atomic mass is 10.1. The maximum Gasteiger partial charge on any atom is 0.263 e. The average molecular weight is 394 g/mol. The highest BCUT2D eigenvalue weighted by Gasteiger charge is 2.18. The summed E-state index contributed by atoms with van der Waals surface area (Å²) in [5.41, 5.74) is 3.46. The van der Waals surface area contributed by atoms with Crippen LogP contribution >= 0.6 is 11.3 Å². The van der Waals surface area contributed by atoms with Crippen LogP contribution in [-0.2, 0) is 11.3 Å². The third-order valence-electron chi connectivity index (χ3n) is 4.64. The monoisotopic (exact) mass is 394 g/mol. The van der Waals surface area contributed by atoms with E-state index in [4.69, 9.17) is 9.72 Å². The van der Waals surface area contributed by atoms with Crippen LogP contribution in [0.2, 0.25) is 0 Å². The van der Waals surface area contributed by atoms with Crippen molar-refractivity contribution in [2.75, 3.05) is 13.7 Å². The number of thiophene rings is 1. The van der Waals surface area contributed by atoms with Crippen molar-refractivity contribution in [2.24, 2.45) is 0 Å². The van der Waals surface area contributed by atoms with Gasteiger partial charge in [-0.2, -0.15) is 0 Å². The summed E-state index contributed by atoms with van der Waals surface area (Å²) in [6.45, 7) is 2.82. The molecule has 0 bridgehead atoms. The fourth-order valence-electron chi connectivity index (χ4n) is 3.26. The molecule has 0 aliphatic rings. The smallest absolute Gasteiger partial charge is 0.263 e. The first-order valence-electron chi connectivity index (χ1n) is 8.92. The zero-order valence-electron chi connectivity index (χ0n) is 15.6. The van der Waals surface area contributed by atoms with Crippen LogP contribution in [0.1, 0.15) is 5.56 Å². The second-order valence-corrected chi connectivity index (χ2v) is 7.45. The standard InChI is InChI=1S/C22H19FN2O2S/c1-14-4-3-5-16(12-14)20-24-21-19(22(26)25(20)10-11-27-2)18(13-28-21)15-6-8-17(23)9-7-15/h3-9,12-13H,10-11H2,1-2H3. The molecule has 2 heterocycles. The molecule has 4 aromatic rings. The molecule has 6 heteroatoms. The van der Waals surface area contributed by atoms with Crippen LogP contribution < -0.4 is 5.56 Å². The summed E-state index contributed by atoms with van der Waals surface area (Å²) in [7, 11) is 1.61. The summed E-state index contributed by atoms with van der Waals surface area (Å²) in [6.07, 6.45) is 0. The summed E-state index contributed by atoms with van der Waals surface area (Å²) in [5, 5.41) is 2.47. The van der Waals surface area contributed by atoms with Gasteiger partial charge in [0.05, 0.1) is 18.5 Å². The Labute approximate surface area is 165 Å². The minimum atomic E-state index is -0.305. The lowest BCUT2D eigenvalue weighted by Crippen LogP contribution is -2.25. The van der Waals surface area contributed by atoms with Gasteiger partial charge >= 0.3 is 0 Å². The van der Waals surface area contributed by atoms with Crippen LogP contribution in [0.25, 0.3) is 32.7 Å². The Morgan fingerprint density at radius 2 is 1.93 bits per heavy atom. The van der Waals surface area contributed by atoms with E-state index in [1.165, 1.54) is 23.5 Å². The molecule has 4 rings (SSSR count). The van der Waals surface area contributed by atoms with Crippen LogP contribution in [-0.4, -0.2) is 23.3 Å². The molecule has 0 unspecified atom stereocenters. The van der Waals surface area contributed by atoms with Crippen molar-refractivity contribution in [3.8, 4) is 22.5 Å². The molecule has 2 aromatic carbocycles. The molecule has 0 aliphatic heterocycles. The van der Waals surface area contributed by atoms with Crippen LogP contribution in [0.3, 0.4) is 0 Å². The van der Waals surface area contributed by atoms with E-state index in [1.807, 2.05) is 36.6 Å². The maximum atomic E-state index is 13.4. The van der Waals surface area contributed by atoms with Gasteiger partial charge in [-0.25, -0.2) is 9.37 Å². The van der Waals surface area contributed by atoms with Gasteiger partial charge in [0.25, 0.3) is 5.56 Å². The fourth-order valence-corrected chi connectivity index (χ4v) is 4.20. The molecule has 0 saturated heterocycles. The highest BCUT2D eigenvalue weighted by Crippen LogP contribution is 2.32. The molecule has 142 valence electrons. The number of nitrogens with zero attached hydrogens (tertiary/aromatic N) is 2. The lowest BCUT2D eigenvalue weighted by molar-refractivity contribution is 0.186. The van der Waals surface area contributed by atoms with Crippen LogP contribution in [0, 0.1) is 12.7 Å². The van der Waals surface area contributed by atoms with E-state index in [9.17, 15) is 9.18 Å². The zero-order chi connectivity index (χ0) is 19.7. The van der Waals surface area contributed by atoms with Crippen molar-refractivity contribution in [1.29, 1.82) is 0 Å². The molecule has 0 saturated carbocycles. The Morgan fingerprint density at radius 1 is 1.14 bits per heavy atom. The minimum Gasteiger partial charge on any atom is -0.383 e. The van der Waals surface area contributed by atoms with Gasteiger partial charge in [0.1, 0.15) is 16.5 Å². The Balaban J connectivity index is 1.97. The molecule has 0 aliphatic carbocycles. The molecular formula is C22H19FN2O2S. The molecule has 0 spiro atoms. The molecule has 0 fully saturated rings. The topological polar surface area (TPSA) is 44.1 Å². The Kier molecular flexibility index (Phi) is 5.07. The zero-order valence-corrected chi connectivity index (χ0v) is 16.4. The number of fused-ring (bicyclic) bond motifs is 1. The second-order valence-electron chi connectivity index (χ2n) is 6.59. The van der Waals surface area contributed by atoms with Crippen LogP contribution in [0.4, 0.5) is 4.39 Å². The van der Waals surface area contributed by atoms with Crippen LogP contribution in [0.15, 0.2) is 58.7 Å². The Morgan fingerprint density at radius 3 is 2.64 bits per heavy atom. The van der Waals surface area contributed by atoms with E-state index in [-0.39, 0.29) is 11.4 Å². The number of rotatable bonds is 5.